The van der Waals surface area contributed by atoms with Crippen LogP contribution in [-0.4, -0.2) is 25.3 Å². The van der Waals surface area contributed by atoms with Crippen molar-refractivity contribution in [2.24, 2.45) is 5.92 Å². The standard InChI is InChI=1S/C15H20FNO/c16-14-4-2-1-3-11(14)9-12-10-18-8-7-15(12)17-13-5-6-13/h1-4,12-13,15,17H,5-10H2. The molecule has 1 N–H and O–H groups in total. The summed E-state index contributed by atoms with van der Waals surface area (Å²) >= 11 is 0. The molecule has 1 heterocycles. The average molecular weight is 249 g/mol. The molecule has 1 saturated carbocycles. The Bertz CT molecular complexity index is 405. The zero-order valence-corrected chi connectivity index (χ0v) is 10.6. The Kier molecular flexibility index (Phi) is 3.62. The van der Waals surface area contributed by atoms with Gasteiger partial charge < -0.3 is 10.1 Å². The fourth-order valence-electron chi connectivity index (χ4n) is 2.72. The van der Waals surface area contributed by atoms with Gasteiger partial charge in [0.05, 0.1) is 6.61 Å². The van der Waals surface area contributed by atoms with Gasteiger partial charge in [-0.05, 0) is 37.3 Å². The predicted octanol–water partition coefficient (Wildman–Crippen LogP) is 2.53. The van der Waals surface area contributed by atoms with Gasteiger partial charge in [-0.1, -0.05) is 18.2 Å². The second-order valence-electron chi connectivity index (χ2n) is 5.47. The van der Waals surface area contributed by atoms with Gasteiger partial charge in [0.1, 0.15) is 5.82 Å². The van der Waals surface area contributed by atoms with Crippen molar-refractivity contribution in [3.63, 3.8) is 0 Å². The minimum absolute atomic E-state index is 0.0896. The van der Waals surface area contributed by atoms with Crippen LogP contribution in [0.4, 0.5) is 4.39 Å². The van der Waals surface area contributed by atoms with Crippen LogP contribution < -0.4 is 5.32 Å². The number of hydrogen-bond donors (Lipinski definition) is 1. The van der Waals surface area contributed by atoms with Crippen LogP contribution in [0.3, 0.4) is 0 Å². The van der Waals surface area contributed by atoms with Crippen LogP contribution in [0.25, 0.3) is 0 Å². The van der Waals surface area contributed by atoms with Crippen LogP contribution in [0.15, 0.2) is 24.3 Å². The first-order chi connectivity index (χ1) is 8.83. The van der Waals surface area contributed by atoms with Crippen molar-refractivity contribution in [2.75, 3.05) is 13.2 Å². The third-order valence-corrected chi connectivity index (χ3v) is 3.94. The van der Waals surface area contributed by atoms with Gasteiger partial charge in [-0.2, -0.15) is 0 Å². The lowest BCUT2D eigenvalue weighted by Crippen LogP contribution is -2.44. The normalized spacial score (nSPS) is 28.3. The van der Waals surface area contributed by atoms with Crippen molar-refractivity contribution in [1.82, 2.24) is 5.32 Å². The number of ether oxygens (including phenoxy) is 1. The molecule has 0 aromatic heterocycles. The second kappa shape index (κ2) is 5.37. The third kappa shape index (κ3) is 2.90. The summed E-state index contributed by atoms with van der Waals surface area (Å²) in [6, 6.07) is 8.28. The van der Waals surface area contributed by atoms with Gasteiger partial charge in [-0.3, -0.25) is 0 Å². The van der Waals surface area contributed by atoms with Gasteiger partial charge in [0, 0.05) is 24.6 Å². The molecule has 0 radical (unpaired) electrons. The summed E-state index contributed by atoms with van der Waals surface area (Å²) in [5.41, 5.74) is 0.815. The molecule has 1 aromatic rings. The molecule has 2 fully saturated rings. The Morgan fingerprint density at radius 1 is 1.22 bits per heavy atom. The van der Waals surface area contributed by atoms with Crippen molar-refractivity contribution in [3.8, 4) is 0 Å². The molecule has 2 atom stereocenters. The highest BCUT2D eigenvalue weighted by Gasteiger charge is 2.31. The van der Waals surface area contributed by atoms with Crippen molar-refractivity contribution >= 4 is 0 Å². The Morgan fingerprint density at radius 2 is 2.06 bits per heavy atom. The molecule has 0 spiro atoms. The molecule has 2 aliphatic rings. The highest BCUT2D eigenvalue weighted by molar-refractivity contribution is 5.18. The fourth-order valence-corrected chi connectivity index (χ4v) is 2.72. The zero-order valence-electron chi connectivity index (χ0n) is 10.6. The Balaban J connectivity index is 1.66. The van der Waals surface area contributed by atoms with Gasteiger partial charge in [-0.15, -0.1) is 0 Å². The maximum atomic E-state index is 13.7. The molecule has 98 valence electrons. The lowest BCUT2D eigenvalue weighted by atomic mass is 9.89. The van der Waals surface area contributed by atoms with E-state index in [-0.39, 0.29) is 5.82 Å². The third-order valence-electron chi connectivity index (χ3n) is 3.94. The van der Waals surface area contributed by atoms with Gasteiger partial charge in [0.15, 0.2) is 0 Å². The summed E-state index contributed by atoms with van der Waals surface area (Å²) in [4.78, 5) is 0. The number of nitrogens with one attached hydrogen (secondary N) is 1. The van der Waals surface area contributed by atoms with Crippen molar-refractivity contribution in [3.05, 3.63) is 35.6 Å². The first kappa shape index (κ1) is 12.1. The predicted molar refractivity (Wildman–Crippen MR) is 69.0 cm³/mol. The van der Waals surface area contributed by atoms with Crippen LogP contribution in [0.5, 0.6) is 0 Å². The molecule has 2 nitrogen and oxygen atoms in total. The van der Waals surface area contributed by atoms with Crippen LogP contribution in [0.2, 0.25) is 0 Å². The molecule has 1 aromatic carbocycles. The van der Waals surface area contributed by atoms with Crippen molar-refractivity contribution < 1.29 is 9.13 Å². The Morgan fingerprint density at radius 3 is 2.83 bits per heavy atom. The molecular formula is C15H20FNO. The molecule has 3 heteroatoms. The average Bonchev–Trinajstić information content (AvgIpc) is 3.18. The summed E-state index contributed by atoms with van der Waals surface area (Å²) in [6.45, 7) is 1.58. The maximum Gasteiger partial charge on any atom is 0.126 e. The SMILES string of the molecule is Fc1ccccc1CC1COCCC1NC1CC1. The summed E-state index contributed by atoms with van der Waals surface area (Å²) in [6.07, 6.45) is 4.42. The van der Waals surface area contributed by atoms with Gasteiger partial charge in [0.2, 0.25) is 0 Å². The van der Waals surface area contributed by atoms with Crippen LogP contribution in [0, 0.1) is 11.7 Å². The Hall–Kier alpha value is -0.930. The summed E-state index contributed by atoms with van der Waals surface area (Å²) < 4.78 is 19.2. The topological polar surface area (TPSA) is 21.3 Å². The Labute approximate surface area is 108 Å². The molecule has 18 heavy (non-hydrogen) atoms. The van der Waals surface area contributed by atoms with E-state index in [9.17, 15) is 4.39 Å². The van der Waals surface area contributed by atoms with E-state index in [1.807, 2.05) is 12.1 Å². The number of halogens is 1. The molecule has 1 aliphatic heterocycles. The zero-order chi connectivity index (χ0) is 12.4. The number of benzene rings is 1. The van der Waals surface area contributed by atoms with E-state index in [1.54, 1.807) is 12.1 Å². The van der Waals surface area contributed by atoms with Crippen LogP contribution in [-0.2, 0) is 11.2 Å². The number of rotatable bonds is 4. The maximum absolute atomic E-state index is 13.7. The van der Waals surface area contributed by atoms with E-state index in [1.165, 1.54) is 12.8 Å². The van der Waals surface area contributed by atoms with Gasteiger partial charge in [-0.25, -0.2) is 4.39 Å². The van der Waals surface area contributed by atoms with E-state index >= 15 is 0 Å². The highest BCUT2D eigenvalue weighted by Crippen LogP contribution is 2.26. The summed E-state index contributed by atoms with van der Waals surface area (Å²) in [7, 11) is 0. The summed E-state index contributed by atoms with van der Waals surface area (Å²) in [5, 5.41) is 3.68. The molecule has 0 bridgehead atoms. The van der Waals surface area contributed by atoms with E-state index in [4.69, 9.17) is 4.74 Å². The largest absolute Gasteiger partial charge is 0.381 e. The van der Waals surface area contributed by atoms with Crippen molar-refractivity contribution in [1.29, 1.82) is 0 Å². The van der Waals surface area contributed by atoms with E-state index < -0.39 is 0 Å². The lowest BCUT2D eigenvalue weighted by molar-refractivity contribution is 0.0313. The molecule has 1 aliphatic carbocycles. The van der Waals surface area contributed by atoms with E-state index in [2.05, 4.69) is 5.32 Å². The van der Waals surface area contributed by atoms with Gasteiger partial charge in [0.25, 0.3) is 0 Å². The van der Waals surface area contributed by atoms with E-state index in [0.29, 0.717) is 18.0 Å². The summed E-state index contributed by atoms with van der Waals surface area (Å²) in [5.74, 6) is 0.310. The molecule has 2 unspecified atom stereocenters. The van der Waals surface area contributed by atoms with Crippen LogP contribution in [0.1, 0.15) is 24.8 Å². The smallest absolute Gasteiger partial charge is 0.126 e. The van der Waals surface area contributed by atoms with Crippen LogP contribution >= 0.6 is 0 Å². The second-order valence-corrected chi connectivity index (χ2v) is 5.47. The van der Waals surface area contributed by atoms with E-state index in [0.717, 1.165) is 31.6 Å². The lowest BCUT2D eigenvalue weighted by Gasteiger charge is -2.32. The molecule has 0 amide bonds. The minimum atomic E-state index is -0.0896. The molecular weight excluding hydrogens is 229 g/mol. The highest BCUT2D eigenvalue weighted by atomic mass is 19.1. The monoisotopic (exact) mass is 249 g/mol. The van der Waals surface area contributed by atoms with Crippen molar-refractivity contribution in [2.45, 2.75) is 37.8 Å². The molecule has 3 rings (SSSR count). The first-order valence-corrected chi connectivity index (χ1v) is 6.90. The first-order valence-electron chi connectivity index (χ1n) is 6.90. The van der Waals surface area contributed by atoms with Gasteiger partial charge >= 0.3 is 0 Å². The molecule has 1 saturated heterocycles. The minimum Gasteiger partial charge on any atom is -0.381 e. The fraction of sp³-hybridized carbons (Fsp3) is 0.600. The quantitative estimate of drug-likeness (QED) is 0.885. The number of hydrogen-bond acceptors (Lipinski definition) is 2.